The summed E-state index contributed by atoms with van der Waals surface area (Å²) in [6, 6.07) is 3.90. The van der Waals surface area contributed by atoms with Gasteiger partial charge in [0.15, 0.2) is 0 Å². The van der Waals surface area contributed by atoms with Crippen molar-refractivity contribution < 1.29 is 8.42 Å². The summed E-state index contributed by atoms with van der Waals surface area (Å²) in [7, 11) is -3.45. The minimum Gasteiger partial charge on any atom is -0.296 e. The van der Waals surface area contributed by atoms with Gasteiger partial charge in [0.25, 0.3) is 0 Å². The Kier molecular flexibility index (Phi) is 5.74. The Morgan fingerprint density at radius 3 is 2.11 bits per heavy atom. The Morgan fingerprint density at radius 2 is 1.59 bits per heavy atom. The minimum atomic E-state index is -3.45. The van der Waals surface area contributed by atoms with Gasteiger partial charge in [-0.25, -0.2) is 8.42 Å². The van der Waals surface area contributed by atoms with E-state index in [2.05, 4.69) is 23.8 Å². The normalized spacial score (nSPS) is 16.8. The molecule has 27 heavy (non-hydrogen) atoms. The summed E-state index contributed by atoms with van der Waals surface area (Å²) in [4.78, 5) is 2.78. The van der Waals surface area contributed by atoms with Crippen molar-refractivity contribution in [2.24, 2.45) is 0 Å². The summed E-state index contributed by atoms with van der Waals surface area (Å²) in [5.41, 5.74) is 5.17. The van der Waals surface area contributed by atoms with Gasteiger partial charge in [-0.15, -0.1) is 0 Å². The number of benzene rings is 1. The highest BCUT2D eigenvalue weighted by Crippen LogP contribution is 2.26. The topological polar surface area (TPSA) is 58.4 Å². The maximum absolute atomic E-state index is 13.2. The van der Waals surface area contributed by atoms with Crippen molar-refractivity contribution >= 4 is 10.0 Å². The zero-order chi connectivity index (χ0) is 19.8. The molecule has 0 amide bonds. The Balaban J connectivity index is 1.71. The molecule has 7 heteroatoms. The van der Waals surface area contributed by atoms with Gasteiger partial charge in [-0.05, 0) is 45.7 Å². The van der Waals surface area contributed by atoms with E-state index in [9.17, 15) is 8.42 Å². The number of sulfonamides is 1. The van der Waals surface area contributed by atoms with Crippen LogP contribution >= 0.6 is 0 Å². The third kappa shape index (κ3) is 3.95. The molecule has 0 saturated carbocycles. The molecule has 0 aliphatic carbocycles. The van der Waals surface area contributed by atoms with Crippen LogP contribution in [0.4, 0.5) is 0 Å². The van der Waals surface area contributed by atoms with E-state index in [0.717, 1.165) is 42.9 Å². The molecule has 3 rings (SSSR count). The summed E-state index contributed by atoms with van der Waals surface area (Å²) < 4.78 is 30.0. The van der Waals surface area contributed by atoms with Crippen molar-refractivity contribution in [1.29, 1.82) is 0 Å². The highest BCUT2D eigenvalue weighted by atomic mass is 32.2. The van der Waals surface area contributed by atoms with Crippen LogP contribution in [0, 0.1) is 27.7 Å². The molecule has 0 spiro atoms. The second kappa shape index (κ2) is 7.73. The lowest BCUT2D eigenvalue weighted by molar-refractivity contribution is 0.181. The SMILES string of the molecule is CCn1ncc(CN2CCN(S(=O)(=O)c3c(C)cc(C)cc3C)CC2)c1C. The van der Waals surface area contributed by atoms with E-state index in [-0.39, 0.29) is 0 Å². The Morgan fingerprint density at radius 1 is 1.00 bits per heavy atom. The van der Waals surface area contributed by atoms with E-state index in [4.69, 9.17) is 0 Å². The van der Waals surface area contributed by atoms with Crippen LogP contribution in [-0.4, -0.2) is 53.6 Å². The number of hydrogen-bond donors (Lipinski definition) is 0. The summed E-state index contributed by atoms with van der Waals surface area (Å²) in [5.74, 6) is 0. The zero-order valence-corrected chi connectivity index (χ0v) is 17.8. The maximum Gasteiger partial charge on any atom is 0.243 e. The number of aryl methyl sites for hydroxylation is 4. The van der Waals surface area contributed by atoms with Gasteiger partial charge < -0.3 is 0 Å². The van der Waals surface area contributed by atoms with Crippen molar-refractivity contribution in [2.45, 2.75) is 52.6 Å². The summed E-state index contributed by atoms with van der Waals surface area (Å²) in [6.07, 6.45) is 1.93. The number of hydrogen-bond acceptors (Lipinski definition) is 4. The second-order valence-corrected chi connectivity index (χ2v) is 9.35. The molecular formula is C20H30N4O2S. The monoisotopic (exact) mass is 390 g/mol. The van der Waals surface area contributed by atoms with E-state index >= 15 is 0 Å². The van der Waals surface area contributed by atoms with Gasteiger partial charge in [0.2, 0.25) is 10.0 Å². The Hall–Kier alpha value is -1.70. The van der Waals surface area contributed by atoms with Crippen LogP contribution in [0.2, 0.25) is 0 Å². The Labute approximate surface area is 162 Å². The lowest BCUT2D eigenvalue weighted by atomic mass is 10.1. The number of piperazine rings is 1. The molecule has 1 aromatic carbocycles. The molecule has 1 saturated heterocycles. The molecule has 0 unspecified atom stereocenters. The third-order valence-corrected chi connectivity index (χ3v) is 7.64. The number of nitrogens with zero attached hydrogens (tertiary/aromatic N) is 4. The van der Waals surface area contributed by atoms with Crippen LogP contribution in [0.15, 0.2) is 23.2 Å². The maximum atomic E-state index is 13.2. The molecule has 148 valence electrons. The molecule has 1 aromatic heterocycles. The van der Waals surface area contributed by atoms with Crippen LogP contribution in [0.1, 0.15) is 34.9 Å². The van der Waals surface area contributed by atoms with E-state index in [1.165, 1.54) is 11.3 Å². The van der Waals surface area contributed by atoms with E-state index in [0.29, 0.717) is 18.0 Å². The second-order valence-electron chi connectivity index (χ2n) is 7.48. The van der Waals surface area contributed by atoms with Gasteiger partial charge in [0.1, 0.15) is 0 Å². The first-order valence-corrected chi connectivity index (χ1v) is 11.0. The largest absolute Gasteiger partial charge is 0.296 e. The van der Waals surface area contributed by atoms with Crippen LogP contribution in [0.5, 0.6) is 0 Å². The standard InChI is InChI=1S/C20H30N4O2S/c1-6-24-18(5)19(13-21-24)14-22-7-9-23(10-8-22)27(25,26)20-16(3)11-15(2)12-17(20)4/h11-13H,6-10,14H2,1-5H3. The highest BCUT2D eigenvalue weighted by molar-refractivity contribution is 7.89. The van der Waals surface area contributed by atoms with Crippen molar-refractivity contribution in [3.05, 3.63) is 46.3 Å². The summed E-state index contributed by atoms with van der Waals surface area (Å²) in [5, 5.41) is 4.40. The first kappa shape index (κ1) is 20.0. The predicted octanol–water partition coefficient (Wildman–Crippen LogP) is 2.64. The third-order valence-electron chi connectivity index (χ3n) is 5.43. The smallest absolute Gasteiger partial charge is 0.243 e. The average Bonchev–Trinajstić information content (AvgIpc) is 2.94. The van der Waals surface area contributed by atoms with Gasteiger partial charge in [-0.1, -0.05) is 17.7 Å². The Bertz CT molecular complexity index is 902. The van der Waals surface area contributed by atoms with Crippen LogP contribution in [-0.2, 0) is 23.1 Å². The van der Waals surface area contributed by atoms with Gasteiger partial charge >= 0.3 is 0 Å². The summed E-state index contributed by atoms with van der Waals surface area (Å²) >= 11 is 0. The fourth-order valence-corrected chi connectivity index (χ4v) is 5.86. The first-order chi connectivity index (χ1) is 12.7. The summed E-state index contributed by atoms with van der Waals surface area (Å²) in [6.45, 7) is 14.2. The molecule has 1 fully saturated rings. The van der Waals surface area contributed by atoms with E-state index in [1.54, 1.807) is 4.31 Å². The molecule has 6 nitrogen and oxygen atoms in total. The van der Waals surface area contributed by atoms with Gasteiger partial charge in [0.05, 0.1) is 11.1 Å². The van der Waals surface area contributed by atoms with Crippen molar-refractivity contribution in [3.8, 4) is 0 Å². The van der Waals surface area contributed by atoms with Gasteiger partial charge in [0, 0.05) is 50.5 Å². The van der Waals surface area contributed by atoms with E-state index < -0.39 is 10.0 Å². The number of aromatic nitrogens is 2. The van der Waals surface area contributed by atoms with Crippen molar-refractivity contribution in [1.82, 2.24) is 19.0 Å². The van der Waals surface area contributed by atoms with Gasteiger partial charge in [-0.2, -0.15) is 9.40 Å². The molecule has 0 atom stereocenters. The van der Waals surface area contributed by atoms with Crippen LogP contribution in [0.25, 0.3) is 0 Å². The van der Waals surface area contributed by atoms with Crippen molar-refractivity contribution in [2.75, 3.05) is 26.2 Å². The molecule has 0 bridgehead atoms. The van der Waals surface area contributed by atoms with Gasteiger partial charge in [-0.3, -0.25) is 9.58 Å². The molecule has 1 aliphatic heterocycles. The fraction of sp³-hybridized carbons (Fsp3) is 0.550. The molecule has 1 aliphatic rings. The molecule has 0 radical (unpaired) electrons. The average molecular weight is 391 g/mol. The number of rotatable bonds is 5. The highest BCUT2D eigenvalue weighted by Gasteiger charge is 2.31. The molecular weight excluding hydrogens is 360 g/mol. The van der Waals surface area contributed by atoms with E-state index in [1.807, 2.05) is 43.8 Å². The molecule has 2 heterocycles. The van der Waals surface area contributed by atoms with Crippen LogP contribution < -0.4 is 0 Å². The molecule has 2 aromatic rings. The minimum absolute atomic E-state index is 0.474. The quantitative estimate of drug-likeness (QED) is 0.788. The van der Waals surface area contributed by atoms with Crippen molar-refractivity contribution in [3.63, 3.8) is 0 Å². The lowest BCUT2D eigenvalue weighted by Gasteiger charge is -2.34. The first-order valence-electron chi connectivity index (χ1n) is 9.55. The lowest BCUT2D eigenvalue weighted by Crippen LogP contribution is -2.48. The molecule has 0 N–H and O–H groups in total. The fourth-order valence-electron chi connectivity index (χ4n) is 4.03. The predicted molar refractivity (Wildman–Crippen MR) is 107 cm³/mol. The van der Waals surface area contributed by atoms with Crippen LogP contribution in [0.3, 0.4) is 0 Å². The zero-order valence-electron chi connectivity index (χ0n) is 17.0.